The van der Waals surface area contributed by atoms with Crippen molar-refractivity contribution in [3.05, 3.63) is 187 Å². The summed E-state index contributed by atoms with van der Waals surface area (Å²) in [4.78, 5) is 2.56. The van der Waals surface area contributed by atoms with Crippen LogP contribution in [-0.4, -0.2) is 0 Å². The number of fused-ring (bicyclic) bond motifs is 7. The van der Waals surface area contributed by atoms with Crippen molar-refractivity contribution in [1.29, 1.82) is 0 Å². The van der Waals surface area contributed by atoms with E-state index < -0.39 is 0 Å². The fraction of sp³-hybridized carbons (Fsp3) is 0.0612. The van der Waals surface area contributed by atoms with Crippen molar-refractivity contribution in [2.45, 2.75) is 19.3 Å². The highest BCUT2D eigenvalue weighted by atomic mass is 32.1. The molecule has 0 bridgehead atoms. The molecule has 0 spiro atoms. The summed E-state index contributed by atoms with van der Waals surface area (Å²) in [6.45, 7) is 4.74. The maximum atomic E-state index is 2.56. The fourth-order valence-electron chi connectivity index (χ4n) is 8.44. The van der Waals surface area contributed by atoms with Crippen molar-refractivity contribution in [2.75, 3.05) is 4.90 Å². The monoisotopic (exact) mass is 669 g/mol. The highest BCUT2D eigenvalue weighted by molar-refractivity contribution is 7.26. The van der Waals surface area contributed by atoms with Crippen LogP contribution in [0.5, 0.6) is 0 Å². The molecule has 1 heterocycles. The van der Waals surface area contributed by atoms with E-state index in [-0.39, 0.29) is 5.41 Å². The zero-order chi connectivity index (χ0) is 34.1. The molecular weight excluding hydrogens is 635 g/mol. The van der Waals surface area contributed by atoms with Crippen molar-refractivity contribution >= 4 is 59.3 Å². The van der Waals surface area contributed by atoms with Crippen LogP contribution < -0.4 is 4.90 Å². The normalized spacial score (nSPS) is 13.1. The molecule has 0 unspecified atom stereocenters. The Labute approximate surface area is 302 Å². The van der Waals surface area contributed by atoms with E-state index in [2.05, 4.69) is 195 Å². The minimum absolute atomic E-state index is 0.114. The second-order valence-corrected chi connectivity index (χ2v) is 15.1. The Bertz CT molecular complexity index is 2790. The van der Waals surface area contributed by atoms with Gasteiger partial charge in [-0.05, 0) is 74.5 Å². The van der Waals surface area contributed by atoms with Gasteiger partial charge in [-0.15, -0.1) is 11.3 Å². The van der Waals surface area contributed by atoms with E-state index in [1.165, 1.54) is 86.8 Å². The van der Waals surface area contributed by atoms with Gasteiger partial charge in [-0.25, -0.2) is 0 Å². The first kappa shape index (κ1) is 29.9. The summed E-state index contributed by atoms with van der Waals surface area (Å²) >= 11 is 1.89. The molecule has 0 radical (unpaired) electrons. The molecule has 9 aromatic rings. The van der Waals surface area contributed by atoms with Gasteiger partial charge in [-0.1, -0.05) is 159 Å². The molecule has 0 saturated heterocycles. The summed E-state index contributed by atoms with van der Waals surface area (Å²) in [5.74, 6) is 0. The number of para-hydroxylation sites is 1. The quantitative estimate of drug-likeness (QED) is 0.176. The van der Waals surface area contributed by atoms with Crippen molar-refractivity contribution in [1.82, 2.24) is 0 Å². The van der Waals surface area contributed by atoms with Crippen LogP contribution in [0.2, 0.25) is 0 Å². The number of anilines is 3. The molecule has 0 fully saturated rings. The van der Waals surface area contributed by atoms with Crippen LogP contribution in [-0.2, 0) is 5.41 Å². The number of benzene rings is 8. The van der Waals surface area contributed by atoms with Crippen molar-refractivity contribution in [2.24, 2.45) is 0 Å². The predicted octanol–water partition coefficient (Wildman–Crippen LogP) is 14.3. The maximum absolute atomic E-state index is 2.56. The molecule has 51 heavy (non-hydrogen) atoms. The Hall–Kier alpha value is -5.96. The second kappa shape index (κ2) is 11.6. The molecule has 1 aromatic heterocycles. The van der Waals surface area contributed by atoms with Gasteiger partial charge in [-0.3, -0.25) is 0 Å². The first-order chi connectivity index (χ1) is 25.1. The second-order valence-electron chi connectivity index (χ2n) is 14.1. The van der Waals surface area contributed by atoms with Gasteiger partial charge in [0.05, 0.1) is 17.1 Å². The number of hydrogen-bond donors (Lipinski definition) is 0. The molecule has 0 N–H and O–H groups in total. The average molecular weight is 670 g/mol. The Morgan fingerprint density at radius 3 is 1.98 bits per heavy atom. The smallest absolute Gasteiger partial charge is 0.0555 e. The van der Waals surface area contributed by atoms with Crippen LogP contribution in [0.25, 0.3) is 64.3 Å². The van der Waals surface area contributed by atoms with E-state index in [9.17, 15) is 0 Å². The zero-order valence-corrected chi connectivity index (χ0v) is 29.4. The van der Waals surface area contributed by atoms with Crippen LogP contribution in [0.4, 0.5) is 17.1 Å². The molecule has 1 aliphatic carbocycles. The fourth-order valence-corrected chi connectivity index (χ4v) is 9.70. The standard InChI is InChI=1S/C49H35NS/c1-49(2)40-23-10-8-20-38(40)46-41(49)24-13-26-43(46)50(42-25-11-9-19-36(42)35-30-29-32-15-6-7-18-34(32)31-35)44-27-14-28-45-47(44)39-22-12-21-37(48(39)51-45)33-16-4-3-5-17-33/h3-31H,1-2H3. The van der Waals surface area contributed by atoms with Crippen molar-refractivity contribution in [3.8, 4) is 33.4 Å². The third kappa shape index (κ3) is 4.60. The van der Waals surface area contributed by atoms with Gasteiger partial charge in [-0.2, -0.15) is 0 Å². The molecule has 0 atom stereocenters. The minimum Gasteiger partial charge on any atom is -0.309 e. The molecule has 1 aliphatic rings. The third-order valence-corrected chi connectivity index (χ3v) is 12.1. The Balaban J connectivity index is 1.30. The SMILES string of the molecule is CC1(C)c2ccccc2-c2c(N(c3ccccc3-c3ccc4ccccc4c3)c3cccc4sc5c(-c6ccccc6)cccc5c34)cccc21. The molecule has 1 nitrogen and oxygen atoms in total. The van der Waals surface area contributed by atoms with Gasteiger partial charge >= 0.3 is 0 Å². The molecule has 10 rings (SSSR count). The van der Waals surface area contributed by atoms with Crippen LogP contribution in [0.1, 0.15) is 25.0 Å². The van der Waals surface area contributed by atoms with Gasteiger partial charge in [0.1, 0.15) is 0 Å². The zero-order valence-electron chi connectivity index (χ0n) is 28.6. The highest BCUT2D eigenvalue weighted by Crippen LogP contribution is 2.56. The Morgan fingerprint density at radius 1 is 0.451 bits per heavy atom. The van der Waals surface area contributed by atoms with E-state index in [4.69, 9.17) is 0 Å². The van der Waals surface area contributed by atoms with Crippen LogP contribution in [0.3, 0.4) is 0 Å². The van der Waals surface area contributed by atoms with E-state index >= 15 is 0 Å². The summed E-state index contributed by atoms with van der Waals surface area (Å²) in [5.41, 5.74) is 13.7. The molecule has 242 valence electrons. The summed E-state index contributed by atoms with van der Waals surface area (Å²) in [7, 11) is 0. The Kier molecular flexibility index (Phi) is 6.78. The lowest BCUT2D eigenvalue weighted by atomic mass is 9.82. The van der Waals surface area contributed by atoms with Gasteiger partial charge in [0.15, 0.2) is 0 Å². The van der Waals surface area contributed by atoms with Crippen LogP contribution in [0, 0.1) is 0 Å². The third-order valence-electron chi connectivity index (χ3n) is 10.9. The summed E-state index contributed by atoms with van der Waals surface area (Å²) in [6.07, 6.45) is 0. The van der Waals surface area contributed by atoms with E-state index in [1.54, 1.807) is 0 Å². The average Bonchev–Trinajstić information content (AvgIpc) is 3.68. The molecule has 8 aromatic carbocycles. The van der Waals surface area contributed by atoms with E-state index in [1.807, 2.05) is 11.3 Å². The molecular formula is C49H35NS. The molecule has 2 heteroatoms. The molecule has 0 saturated carbocycles. The first-order valence-corrected chi connectivity index (χ1v) is 18.5. The number of thiophene rings is 1. The highest BCUT2D eigenvalue weighted by Gasteiger charge is 2.38. The Morgan fingerprint density at radius 2 is 1.10 bits per heavy atom. The lowest BCUT2D eigenvalue weighted by Gasteiger charge is -2.31. The lowest BCUT2D eigenvalue weighted by Crippen LogP contribution is -2.16. The van der Waals surface area contributed by atoms with E-state index in [0.717, 1.165) is 5.69 Å². The lowest BCUT2D eigenvalue weighted by molar-refractivity contribution is 0.660. The van der Waals surface area contributed by atoms with Gasteiger partial charge < -0.3 is 4.90 Å². The maximum Gasteiger partial charge on any atom is 0.0555 e. The van der Waals surface area contributed by atoms with Gasteiger partial charge in [0.2, 0.25) is 0 Å². The van der Waals surface area contributed by atoms with Crippen molar-refractivity contribution < 1.29 is 0 Å². The summed E-state index contributed by atoms with van der Waals surface area (Å²) in [5, 5.41) is 5.06. The summed E-state index contributed by atoms with van der Waals surface area (Å²) in [6, 6.07) is 64.8. The topological polar surface area (TPSA) is 3.24 Å². The number of nitrogens with zero attached hydrogens (tertiary/aromatic N) is 1. The van der Waals surface area contributed by atoms with E-state index in [0.29, 0.717) is 0 Å². The molecule has 0 amide bonds. The summed E-state index contributed by atoms with van der Waals surface area (Å²) < 4.78 is 2.60. The number of rotatable bonds is 5. The largest absolute Gasteiger partial charge is 0.309 e. The van der Waals surface area contributed by atoms with Crippen LogP contribution >= 0.6 is 11.3 Å². The van der Waals surface area contributed by atoms with Gasteiger partial charge in [0, 0.05) is 36.7 Å². The van der Waals surface area contributed by atoms with Gasteiger partial charge in [0.25, 0.3) is 0 Å². The minimum atomic E-state index is -0.114. The van der Waals surface area contributed by atoms with Crippen molar-refractivity contribution in [3.63, 3.8) is 0 Å². The first-order valence-electron chi connectivity index (χ1n) is 17.7. The predicted molar refractivity (Wildman–Crippen MR) is 220 cm³/mol. The van der Waals surface area contributed by atoms with Crippen LogP contribution in [0.15, 0.2) is 176 Å². The number of hydrogen-bond acceptors (Lipinski definition) is 2. The molecule has 0 aliphatic heterocycles.